The molecule has 2 aromatic carbocycles. The van der Waals surface area contributed by atoms with E-state index in [4.69, 9.17) is 0 Å². The summed E-state index contributed by atoms with van der Waals surface area (Å²) in [5.74, 6) is -0.00615. The maximum absolute atomic E-state index is 13.1. The van der Waals surface area contributed by atoms with Crippen molar-refractivity contribution in [1.29, 1.82) is 0 Å². The lowest BCUT2D eigenvalue weighted by Gasteiger charge is -2.17. The molecule has 0 radical (unpaired) electrons. The summed E-state index contributed by atoms with van der Waals surface area (Å²) in [6.07, 6.45) is 5.13. The third kappa shape index (κ3) is 3.48. The summed E-state index contributed by atoms with van der Waals surface area (Å²) in [5.41, 5.74) is 3.28. The fourth-order valence-corrected chi connectivity index (χ4v) is 7.20. The second-order valence-corrected chi connectivity index (χ2v) is 11.1. The highest BCUT2D eigenvalue weighted by atomic mass is 32.2. The van der Waals surface area contributed by atoms with Crippen LogP contribution in [0.4, 0.5) is 11.4 Å². The third-order valence-electron chi connectivity index (χ3n) is 6.71. The van der Waals surface area contributed by atoms with Gasteiger partial charge in [0, 0.05) is 5.69 Å². The van der Waals surface area contributed by atoms with Gasteiger partial charge in [-0.15, -0.1) is 11.3 Å². The number of thioether (sulfide) groups is 1. The van der Waals surface area contributed by atoms with Crippen LogP contribution in [0.15, 0.2) is 59.0 Å². The molecule has 2 bridgehead atoms. The average Bonchev–Trinajstić information content (AvgIpc) is 3.55. The predicted molar refractivity (Wildman–Crippen MR) is 130 cm³/mol. The number of aromatic nitrogens is 1. The Morgan fingerprint density at radius 3 is 2.61 bits per heavy atom. The van der Waals surface area contributed by atoms with E-state index in [1.165, 1.54) is 28.0 Å². The van der Waals surface area contributed by atoms with Crippen molar-refractivity contribution in [3.05, 3.63) is 60.2 Å². The fourth-order valence-electron chi connectivity index (χ4n) is 5.30. The van der Waals surface area contributed by atoms with E-state index in [2.05, 4.69) is 22.5 Å². The minimum atomic E-state index is -0.206. The Balaban J connectivity index is 1.17. The van der Waals surface area contributed by atoms with Gasteiger partial charge < -0.3 is 5.32 Å². The van der Waals surface area contributed by atoms with Crippen molar-refractivity contribution in [3.63, 3.8) is 0 Å². The lowest BCUT2D eigenvalue weighted by molar-refractivity contribution is -0.123. The molecule has 166 valence electrons. The van der Waals surface area contributed by atoms with Crippen molar-refractivity contribution in [1.82, 2.24) is 4.98 Å². The number of carbonyl (C=O) groups is 3. The molecule has 3 aliphatic rings. The van der Waals surface area contributed by atoms with Crippen LogP contribution in [0.5, 0.6) is 0 Å². The molecule has 3 aromatic rings. The number of hydrogen-bond donors (Lipinski definition) is 1. The molecular weight excluding hydrogens is 454 g/mol. The quantitative estimate of drug-likeness (QED) is 0.330. The van der Waals surface area contributed by atoms with Gasteiger partial charge in [0.1, 0.15) is 0 Å². The lowest BCUT2D eigenvalue weighted by Crippen LogP contribution is -2.32. The Bertz CT molecular complexity index is 1320. The molecule has 6 nitrogen and oxygen atoms in total. The number of nitrogens with one attached hydrogen (secondary N) is 1. The van der Waals surface area contributed by atoms with Gasteiger partial charge >= 0.3 is 0 Å². The first-order valence-electron chi connectivity index (χ1n) is 10.9. The number of carbonyl (C=O) groups excluding carboxylic acids is 3. The van der Waals surface area contributed by atoms with Crippen LogP contribution in [0.25, 0.3) is 10.2 Å². The van der Waals surface area contributed by atoms with Gasteiger partial charge in [-0.2, -0.15) is 0 Å². The van der Waals surface area contributed by atoms with E-state index >= 15 is 0 Å². The number of anilines is 2. The molecule has 1 saturated carbocycles. The maximum atomic E-state index is 13.1. The second-order valence-electron chi connectivity index (χ2n) is 8.85. The smallest absolute Gasteiger partial charge is 0.238 e. The number of imide groups is 1. The fraction of sp³-hybridized carbons (Fsp3) is 0.280. The van der Waals surface area contributed by atoms with Crippen molar-refractivity contribution in [2.75, 3.05) is 16.0 Å². The van der Waals surface area contributed by atoms with E-state index in [-0.39, 0.29) is 47.1 Å². The van der Waals surface area contributed by atoms with Gasteiger partial charge in [0.2, 0.25) is 17.7 Å². The summed E-state index contributed by atoms with van der Waals surface area (Å²) in [6, 6.07) is 13.2. The molecular formula is C25H21N3O3S2. The number of amides is 3. The van der Waals surface area contributed by atoms with E-state index in [1.54, 1.807) is 6.07 Å². The number of fused-ring (bicyclic) bond motifs is 6. The number of aryl methyl sites for hydroxylation is 1. The van der Waals surface area contributed by atoms with Gasteiger partial charge in [-0.1, -0.05) is 36.0 Å². The molecule has 2 heterocycles. The SMILES string of the molecule is Cc1cccc(NC(=O)CSc2nc3ccc(N4C(=O)[C@@H]5[C@@H](C4=O)[C@H]4C=C[C@H]5C4)cc3s2)c1. The highest BCUT2D eigenvalue weighted by Gasteiger charge is 2.59. The first kappa shape index (κ1) is 20.6. The largest absolute Gasteiger partial charge is 0.325 e. The number of nitrogens with zero attached hydrogens (tertiary/aromatic N) is 2. The van der Waals surface area contributed by atoms with Crippen LogP contribution in [0.2, 0.25) is 0 Å². The molecule has 6 rings (SSSR count). The molecule has 1 saturated heterocycles. The highest BCUT2D eigenvalue weighted by Crippen LogP contribution is 2.53. The molecule has 1 N–H and O–H groups in total. The van der Waals surface area contributed by atoms with Crippen LogP contribution >= 0.6 is 23.1 Å². The monoisotopic (exact) mass is 475 g/mol. The summed E-state index contributed by atoms with van der Waals surface area (Å²) in [6.45, 7) is 1.98. The molecule has 0 unspecified atom stereocenters. The highest BCUT2D eigenvalue weighted by molar-refractivity contribution is 8.01. The molecule has 1 aromatic heterocycles. The molecule has 3 amide bonds. The van der Waals surface area contributed by atoms with Gasteiger partial charge in [0.05, 0.1) is 33.5 Å². The molecule has 2 aliphatic carbocycles. The molecule has 2 fully saturated rings. The van der Waals surface area contributed by atoms with Crippen molar-refractivity contribution in [2.45, 2.75) is 17.7 Å². The zero-order chi connectivity index (χ0) is 22.7. The van der Waals surface area contributed by atoms with Gasteiger partial charge in [-0.05, 0) is 61.1 Å². The van der Waals surface area contributed by atoms with E-state index in [1.807, 2.05) is 43.3 Å². The molecule has 0 spiro atoms. The van der Waals surface area contributed by atoms with Crippen LogP contribution in [0.3, 0.4) is 0 Å². The maximum Gasteiger partial charge on any atom is 0.238 e. The van der Waals surface area contributed by atoms with Crippen LogP contribution in [-0.2, 0) is 14.4 Å². The average molecular weight is 476 g/mol. The molecule has 33 heavy (non-hydrogen) atoms. The summed E-state index contributed by atoms with van der Waals surface area (Å²) in [7, 11) is 0. The van der Waals surface area contributed by atoms with E-state index in [9.17, 15) is 14.4 Å². The van der Waals surface area contributed by atoms with Crippen molar-refractivity contribution in [3.8, 4) is 0 Å². The second kappa shape index (κ2) is 7.81. The van der Waals surface area contributed by atoms with Crippen LogP contribution in [0, 0.1) is 30.6 Å². The predicted octanol–water partition coefficient (Wildman–Crippen LogP) is 4.65. The van der Waals surface area contributed by atoms with E-state index < -0.39 is 0 Å². The Hall–Kier alpha value is -2.97. The van der Waals surface area contributed by atoms with Crippen molar-refractivity contribution in [2.24, 2.45) is 23.7 Å². The van der Waals surface area contributed by atoms with Crippen molar-refractivity contribution < 1.29 is 14.4 Å². The van der Waals surface area contributed by atoms with E-state index in [0.29, 0.717) is 5.69 Å². The number of allylic oxidation sites excluding steroid dienone is 2. The zero-order valence-corrected chi connectivity index (χ0v) is 19.5. The van der Waals surface area contributed by atoms with Crippen LogP contribution < -0.4 is 10.2 Å². The van der Waals surface area contributed by atoms with Crippen LogP contribution in [-0.4, -0.2) is 28.5 Å². The normalized spacial score (nSPS) is 25.3. The lowest BCUT2D eigenvalue weighted by atomic mass is 9.85. The van der Waals surface area contributed by atoms with E-state index in [0.717, 1.165) is 32.2 Å². The van der Waals surface area contributed by atoms with Crippen molar-refractivity contribution >= 4 is 62.4 Å². The number of hydrogen-bond acceptors (Lipinski definition) is 6. The molecule has 1 aliphatic heterocycles. The standard InChI is InChI=1S/C25H21N3O3S2/c1-13-3-2-4-16(9-13)26-20(29)12-32-25-27-18-8-7-17(11-19(18)33-25)28-23(30)21-14-5-6-15(10-14)22(21)24(28)31/h2-9,11,14-15,21-22H,10,12H2,1H3,(H,26,29)/t14-,15-,21-,22-/m0/s1. The summed E-state index contributed by atoms with van der Waals surface area (Å²) >= 11 is 2.85. The van der Waals surface area contributed by atoms with Gasteiger partial charge in [-0.25, -0.2) is 9.88 Å². The molecule has 8 heteroatoms. The number of benzene rings is 2. The Morgan fingerprint density at radius 1 is 1.12 bits per heavy atom. The first-order chi connectivity index (χ1) is 16.0. The Morgan fingerprint density at radius 2 is 1.88 bits per heavy atom. The topological polar surface area (TPSA) is 79.4 Å². The Kier molecular flexibility index (Phi) is 4.88. The minimum Gasteiger partial charge on any atom is -0.325 e. The minimum absolute atomic E-state index is 0.0758. The Labute approximate surface area is 199 Å². The number of rotatable bonds is 5. The first-order valence-corrected chi connectivity index (χ1v) is 12.7. The summed E-state index contributed by atoms with van der Waals surface area (Å²) in [5, 5.41) is 2.90. The summed E-state index contributed by atoms with van der Waals surface area (Å²) in [4.78, 5) is 44.5. The van der Waals surface area contributed by atoms with Gasteiger partial charge in [0.15, 0.2) is 4.34 Å². The summed E-state index contributed by atoms with van der Waals surface area (Å²) < 4.78 is 1.67. The van der Waals surface area contributed by atoms with Gasteiger partial charge in [0.25, 0.3) is 0 Å². The number of thiazole rings is 1. The third-order valence-corrected chi connectivity index (χ3v) is 8.87. The van der Waals surface area contributed by atoms with Crippen LogP contribution in [0.1, 0.15) is 12.0 Å². The zero-order valence-electron chi connectivity index (χ0n) is 17.9. The molecule has 4 atom stereocenters. The van der Waals surface area contributed by atoms with Gasteiger partial charge in [-0.3, -0.25) is 14.4 Å².